The van der Waals surface area contributed by atoms with Crippen LogP contribution in [0.5, 0.6) is 0 Å². The molecule has 1 aromatic carbocycles. The zero-order chi connectivity index (χ0) is 13.8. The molecule has 0 bridgehead atoms. The van der Waals surface area contributed by atoms with Crippen molar-refractivity contribution >= 4 is 15.9 Å². The Hall–Kier alpha value is -1.26. The Labute approximate surface area is 121 Å². The van der Waals surface area contributed by atoms with Crippen LogP contribution in [0.25, 0.3) is 0 Å². The molecule has 1 aromatic heterocycles. The van der Waals surface area contributed by atoms with E-state index in [0.717, 1.165) is 27.7 Å². The van der Waals surface area contributed by atoms with E-state index in [-0.39, 0.29) is 11.9 Å². The van der Waals surface area contributed by atoms with Crippen molar-refractivity contribution in [3.8, 4) is 0 Å². The van der Waals surface area contributed by atoms with Crippen LogP contribution in [0.4, 0.5) is 4.39 Å². The lowest BCUT2D eigenvalue weighted by atomic mass is 9.99. The zero-order valence-electron chi connectivity index (χ0n) is 10.7. The lowest BCUT2D eigenvalue weighted by Gasteiger charge is -2.15. The van der Waals surface area contributed by atoms with E-state index in [1.54, 1.807) is 12.3 Å². The molecule has 19 heavy (non-hydrogen) atoms. The van der Waals surface area contributed by atoms with Crippen molar-refractivity contribution < 1.29 is 4.39 Å². The molecular weight excluding hydrogens is 307 g/mol. The fraction of sp³-hybridized carbons (Fsp3) is 0.267. The summed E-state index contributed by atoms with van der Waals surface area (Å²) in [5.41, 5.74) is 9.11. The van der Waals surface area contributed by atoms with Crippen LogP contribution in [0.2, 0.25) is 0 Å². The van der Waals surface area contributed by atoms with Crippen LogP contribution in [0, 0.1) is 5.82 Å². The first-order valence-electron chi connectivity index (χ1n) is 6.25. The van der Waals surface area contributed by atoms with E-state index in [0.29, 0.717) is 6.42 Å². The van der Waals surface area contributed by atoms with Crippen molar-refractivity contribution in [1.29, 1.82) is 0 Å². The van der Waals surface area contributed by atoms with Gasteiger partial charge < -0.3 is 5.73 Å². The summed E-state index contributed by atoms with van der Waals surface area (Å²) < 4.78 is 14.1. The van der Waals surface area contributed by atoms with Gasteiger partial charge in [-0.1, -0.05) is 28.9 Å². The molecule has 0 aliphatic heterocycles. The summed E-state index contributed by atoms with van der Waals surface area (Å²) >= 11 is 3.42. The Morgan fingerprint density at radius 2 is 2.11 bits per heavy atom. The Balaban J connectivity index is 2.25. The summed E-state index contributed by atoms with van der Waals surface area (Å²) in [7, 11) is 0. The number of aromatic nitrogens is 1. The van der Waals surface area contributed by atoms with Gasteiger partial charge in [0.2, 0.25) is 0 Å². The van der Waals surface area contributed by atoms with Gasteiger partial charge in [0.15, 0.2) is 0 Å². The predicted octanol–water partition coefficient (Wildman–Crippen LogP) is 3.79. The molecule has 1 atom stereocenters. The highest BCUT2D eigenvalue weighted by Gasteiger charge is 2.14. The number of hydrogen-bond acceptors (Lipinski definition) is 2. The summed E-state index contributed by atoms with van der Waals surface area (Å²) in [6.07, 6.45) is 3.19. The lowest BCUT2D eigenvalue weighted by molar-refractivity contribution is 0.619. The average Bonchev–Trinajstić information content (AvgIpc) is 2.42. The monoisotopic (exact) mass is 322 g/mol. The van der Waals surface area contributed by atoms with E-state index in [2.05, 4.69) is 27.8 Å². The van der Waals surface area contributed by atoms with Crippen molar-refractivity contribution in [1.82, 2.24) is 4.98 Å². The van der Waals surface area contributed by atoms with Crippen LogP contribution in [0.3, 0.4) is 0 Å². The third kappa shape index (κ3) is 3.39. The molecule has 2 rings (SSSR count). The SMILES string of the molecule is CCc1cccnc1C(N)Cc1cc(F)ccc1Br. The molecular formula is C15H16BrFN2. The highest BCUT2D eigenvalue weighted by molar-refractivity contribution is 9.10. The maximum atomic E-state index is 13.3. The van der Waals surface area contributed by atoms with Gasteiger partial charge in [-0.2, -0.15) is 0 Å². The van der Waals surface area contributed by atoms with Gasteiger partial charge in [0.1, 0.15) is 5.82 Å². The van der Waals surface area contributed by atoms with Crippen LogP contribution >= 0.6 is 15.9 Å². The highest BCUT2D eigenvalue weighted by atomic mass is 79.9. The first-order chi connectivity index (χ1) is 9.11. The molecule has 0 radical (unpaired) electrons. The number of nitrogens with two attached hydrogens (primary N) is 1. The summed E-state index contributed by atoms with van der Waals surface area (Å²) in [6, 6.07) is 8.36. The average molecular weight is 323 g/mol. The predicted molar refractivity (Wildman–Crippen MR) is 78.3 cm³/mol. The maximum Gasteiger partial charge on any atom is 0.123 e. The molecule has 100 valence electrons. The Bertz CT molecular complexity index is 572. The fourth-order valence-corrected chi connectivity index (χ4v) is 2.53. The molecule has 0 spiro atoms. The van der Waals surface area contributed by atoms with Gasteiger partial charge in [-0.25, -0.2) is 4.39 Å². The number of rotatable bonds is 4. The van der Waals surface area contributed by atoms with E-state index in [4.69, 9.17) is 5.73 Å². The number of benzene rings is 1. The number of pyridine rings is 1. The molecule has 0 saturated heterocycles. The topological polar surface area (TPSA) is 38.9 Å². The van der Waals surface area contributed by atoms with Gasteiger partial charge in [0.05, 0.1) is 11.7 Å². The van der Waals surface area contributed by atoms with Crippen molar-refractivity contribution in [2.75, 3.05) is 0 Å². The zero-order valence-corrected chi connectivity index (χ0v) is 12.3. The molecule has 2 N–H and O–H groups in total. The van der Waals surface area contributed by atoms with Crippen LogP contribution in [0.1, 0.15) is 29.8 Å². The molecule has 0 aliphatic rings. The van der Waals surface area contributed by atoms with Gasteiger partial charge in [0, 0.05) is 10.7 Å². The summed E-state index contributed by atoms with van der Waals surface area (Å²) in [5.74, 6) is -0.248. The quantitative estimate of drug-likeness (QED) is 0.930. The van der Waals surface area contributed by atoms with E-state index in [9.17, 15) is 4.39 Å². The molecule has 2 aromatic rings. The van der Waals surface area contributed by atoms with Crippen molar-refractivity contribution in [3.05, 3.63) is 63.6 Å². The first-order valence-corrected chi connectivity index (χ1v) is 7.04. The van der Waals surface area contributed by atoms with E-state index in [1.807, 2.05) is 12.1 Å². The maximum absolute atomic E-state index is 13.3. The van der Waals surface area contributed by atoms with Crippen LogP contribution in [-0.2, 0) is 12.8 Å². The Morgan fingerprint density at radius 1 is 1.32 bits per heavy atom. The third-order valence-electron chi connectivity index (χ3n) is 3.11. The largest absolute Gasteiger partial charge is 0.322 e. The molecule has 4 heteroatoms. The normalized spacial score (nSPS) is 12.4. The molecule has 0 fully saturated rings. The summed E-state index contributed by atoms with van der Waals surface area (Å²) in [5, 5.41) is 0. The highest BCUT2D eigenvalue weighted by Crippen LogP contribution is 2.24. The Kier molecular flexibility index (Phi) is 4.66. The van der Waals surface area contributed by atoms with Crippen molar-refractivity contribution in [3.63, 3.8) is 0 Å². The number of aryl methyl sites for hydroxylation is 1. The number of halogens is 2. The molecule has 1 unspecified atom stereocenters. The lowest BCUT2D eigenvalue weighted by Crippen LogP contribution is -2.17. The van der Waals surface area contributed by atoms with Gasteiger partial charge in [-0.3, -0.25) is 4.98 Å². The summed E-state index contributed by atoms with van der Waals surface area (Å²) in [6.45, 7) is 2.07. The fourth-order valence-electron chi connectivity index (χ4n) is 2.12. The van der Waals surface area contributed by atoms with E-state index in [1.165, 1.54) is 12.1 Å². The van der Waals surface area contributed by atoms with Gasteiger partial charge in [-0.15, -0.1) is 0 Å². The van der Waals surface area contributed by atoms with Crippen molar-refractivity contribution in [2.24, 2.45) is 5.73 Å². The van der Waals surface area contributed by atoms with Crippen LogP contribution in [-0.4, -0.2) is 4.98 Å². The minimum Gasteiger partial charge on any atom is -0.322 e. The third-order valence-corrected chi connectivity index (χ3v) is 3.88. The first kappa shape index (κ1) is 14.2. The second kappa shape index (κ2) is 6.26. The second-order valence-corrected chi connectivity index (χ2v) is 5.30. The van der Waals surface area contributed by atoms with E-state index < -0.39 is 0 Å². The standard InChI is InChI=1S/C15H16BrFN2/c1-2-10-4-3-7-19-15(10)14(18)9-11-8-12(17)5-6-13(11)16/h3-8,14H,2,9,18H2,1H3. The molecule has 0 saturated carbocycles. The summed E-state index contributed by atoms with van der Waals surface area (Å²) in [4.78, 5) is 4.36. The number of hydrogen-bond donors (Lipinski definition) is 1. The van der Waals surface area contributed by atoms with Gasteiger partial charge >= 0.3 is 0 Å². The molecule has 0 amide bonds. The number of nitrogens with zero attached hydrogens (tertiary/aromatic N) is 1. The van der Waals surface area contributed by atoms with Crippen LogP contribution < -0.4 is 5.73 Å². The Morgan fingerprint density at radius 3 is 2.84 bits per heavy atom. The van der Waals surface area contributed by atoms with Gasteiger partial charge in [0.25, 0.3) is 0 Å². The molecule has 0 aliphatic carbocycles. The minimum atomic E-state index is -0.248. The second-order valence-electron chi connectivity index (χ2n) is 4.45. The van der Waals surface area contributed by atoms with Gasteiger partial charge in [-0.05, 0) is 48.2 Å². The molecule has 2 nitrogen and oxygen atoms in total. The van der Waals surface area contributed by atoms with Crippen molar-refractivity contribution in [2.45, 2.75) is 25.8 Å². The molecule has 1 heterocycles. The van der Waals surface area contributed by atoms with E-state index >= 15 is 0 Å². The smallest absolute Gasteiger partial charge is 0.123 e. The minimum absolute atomic E-state index is 0.228. The van der Waals surface area contributed by atoms with Crippen LogP contribution in [0.15, 0.2) is 41.0 Å².